The van der Waals surface area contributed by atoms with Gasteiger partial charge in [0, 0.05) is 24.6 Å². The zero-order chi connectivity index (χ0) is 22.6. The van der Waals surface area contributed by atoms with Crippen LogP contribution in [0.2, 0.25) is 0 Å². The number of thiocarbonyl (C=S) groups is 1. The predicted molar refractivity (Wildman–Crippen MR) is 115 cm³/mol. The smallest absolute Gasteiger partial charge is 0.416 e. The molecule has 0 radical (unpaired) electrons. The Bertz CT molecular complexity index is 1010. The Kier molecular flexibility index (Phi) is 7.22. The molecule has 1 aromatic carbocycles. The quantitative estimate of drug-likeness (QED) is 0.299. The van der Waals surface area contributed by atoms with Crippen molar-refractivity contribution in [3.05, 3.63) is 52.6 Å². The Morgan fingerprint density at radius 1 is 1.13 bits per heavy atom. The molecular formula is C21H18F3NO4S2. The van der Waals surface area contributed by atoms with E-state index in [1.54, 1.807) is 18.2 Å². The predicted octanol–water partition coefficient (Wildman–Crippen LogP) is 5.81. The van der Waals surface area contributed by atoms with E-state index >= 15 is 0 Å². The molecule has 2 heterocycles. The number of halogens is 3. The van der Waals surface area contributed by atoms with E-state index in [9.17, 15) is 22.8 Å². The van der Waals surface area contributed by atoms with E-state index in [0.29, 0.717) is 52.1 Å². The van der Waals surface area contributed by atoms with Gasteiger partial charge < -0.3 is 9.52 Å². The molecule has 1 aliphatic heterocycles. The number of furan rings is 1. The summed E-state index contributed by atoms with van der Waals surface area (Å²) in [7, 11) is 0. The maximum absolute atomic E-state index is 12.7. The maximum Gasteiger partial charge on any atom is 0.416 e. The molecule has 1 aliphatic rings. The van der Waals surface area contributed by atoms with E-state index in [1.807, 2.05) is 0 Å². The average Bonchev–Trinajstić information content (AvgIpc) is 3.27. The molecule has 3 rings (SSSR count). The van der Waals surface area contributed by atoms with Crippen LogP contribution >= 0.6 is 24.0 Å². The number of aliphatic carboxylic acids is 1. The second-order valence-electron chi connectivity index (χ2n) is 6.81. The van der Waals surface area contributed by atoms with Crippen LogP contribution in [-0.4, -0.2) is 32.7 Å². The first kappa shape index (κ1) is 23.1. The van der Waals surface area contributed by atoms with E-state index < -0.39 is 17.7 Å². The molecule has 1 N–H and O–H groups in total. The number of alkyl halides is 3. The molecule has 2 aromatic rings. The lowest BCUT2D eigenvalue weighted by Gasteiger charge is -2.13. The van der Waals surface area contributed by atoms with E-state index in [2.05, 4.69) is 0 Å². The summed E-state index contributed by atoms with van der Waals surface area (Å²) in [5.74, 6) is -0.325. The van der Waals surface area contributed by atoms with Crippen LogP contribution in [0.4, 0.5) is 13.2 Å². The molecule has 31 heavy (non-hydrogen) atoms. The zero-order valence-electron chi connectivity index (χ0n) is 16.1. The number of hydrogen-bond donors (Lipinski definition) is 1. The van der Waals surface area contributed by atoms with Crippen molar-refractivity contribution >= 4 is 46.3 Å². The molecule has 1 amide bonds. The largest absolute Gasteiger partial charge is 0.481 e. The topological polar surface area (TPSA) is 70.8 Å². The number of amides is 1. The number of carboxylic acid groups (broad SMARTS) is 1. The fraction of sp³-hybridized carbons (Fsp3) is 0.286. The van der Waals surface area contributed by atoms with Crippen LogP contribution in [0.1, 0.15) is 37.0 Å². The van der Waals surface area contributed by atoms with Crippen molar-refractivity contribution in [1.82, 2.24) is 4.90 Å². The van der Waals surface area contributed by atoms with Crippen molar-refractivity contribution in [3.8, 4) is 11.3 Å². The third-order valence-corrected chi connectivity index (χ3v) is 5.92. The molecule has 0 spiro atoms. The first-order valence-electron chi connectivity index (χ1n) is 9.40. The van der Waals surface area contributed by atoms with E-state index in [-0.39, 0.29) is 12.3 Å². The molecule has 164 valence electrons. The second-order valence-corrected chi connectivity index (χ2v) is 8.49. The summed E-state index contributed by atoms with van der Waals surface area (Å²) in [4.78, 5) is 25.0. The Morgan fingerprint density at radius 3 is 2.48 bits per heavy atom. The lowest BCUT2D eigenvalue weighted by Crippen LogP contribution is -2.29. The fourth-order valence-electron chi connectivity index (χ4n) is 2.95. The third-order valence-electron chi connectivity index (χ3n) is 4.54. The third kappa shape index (κ3) is 5.98. The molecule has 1 saturated heterocycles. The fourth-order valence-corrected chi connectivity index (χ4v) is 4.24. The maximum atomic E-state index is 12.7. The van der Waals surface area contributed by atoms with Gasteiger partial charge in [-0.3, -0.25) is 14.5 Å². The van der Waals surface area contributed by atoms with Gasteiger partial charge in [0.1, 0.15) is 15.8 Å². The van der Waals surface area contributed by atoms with Gasteiger partial charge >= 0.3 is 12.1 Å². The van der Waals surface area contributed by atoms with E-state index in [0.717, 1.165) is 23.9 Å². The van der Waals surface area contributed by atoms with Crippen molar-refractivity contribution in [2.24, 2.45) is 0 Å². The normalized spacial score (nSPS) is 15.8. The van der Waals surface area contributed by atoms with Crippen LogP contribution in [0.15, 0.2) is 45.7 Å². The Morgan fingerprint density at radius 2 is 1.84 bits per heavy atom. The number of unbranched alkanes of at least 4 members (excludes halogenated alkanes) is 2. The van der Waals surface area contributed by atoms with Crippen molar-refractivity contribution in [3.63, 3.8) is 0 Å². The van der Waals surface area contributed by atoms with Gasteiger partial charge in [-0.2, -0.15) is 13.2 Å². The van der Waals surface area contributed by atoms with Crippen LogP contribution in [0.25, 0.3) is 17.4 Å². The molecule has 0 aliphatic carbocycles. The van der Waals surface area contributed by atoms with Crippen LogP contribution in [0.5, 0.6) is 0 Å². The number of thioether (sulfide) groups is 1. The van der Waals surface area contributed by atoms with E-state index in [1.165, 1.54) is 17.0 Å². The molecule has 5 nitrogen and oxygen atoms in total. The minimum Gasteiger partial charge on any atom is -0.481 e. The number of nitrogens with zero attached hydrogens (tertiary/aromatic N) is 1. The van der Waals surface area contributed by atoms with Gasteiger partial charge in [0.25, 0.3) is 5.91 Å². The molecule has 10 heteroatoms. The summed E-state index contributed by atoms with van der Waals surface area (Å²) in [5, 5.41) is 8.65. The minimum atomic E-state index is -4.40. The van der Waals surface area contributed by atoms with Crippen LogP contribution < -0.4 is 0 Å². The highest BCUT2D eigenvalue weighted by Gasteiger charge is 2.32. The van der Waals surface area contributed by atoms with Crippen molar-refractivity contribution in [2.75, 3.05) is 6.54 Å². The van der Waals surface area contributed by atoms with Crippen LogP contribution in [-0.2, 0) is 15.8 Å². The number of rotatable bonds is 8. The lowest BCUT2D eigenvalue weighted by molar-refractivity contribution is -0.138. The van der Waals surface area contributed by atoms with Crippen LogP contribution in [0.3, 0.4) is 0 Å². The number of hydrogen-bond acceptors (Lipinski definition) is 5. The molecule has 0 bridgehead atoms. The summed E-state index contributed by atoms with van der Waals surface area (Å²) in [6, 6.07) is 7.88. The minimum absolute atomic E-state index is 0.0953. The SMILES string of the molecule is O=C(O)CCCCCN1C(=O)/C(=C\c2ccc(-c3ccc(C(F)(F)F)cc3)o2)SC1=S. The van der Waals surface area contributed by atoms with Gasteiger partial charge in [-0.15, -0.1) is 0 Å². The first-order chi connectivity index (χ1) is 14.6. The molecule has 0 saturated carbocycles. The molecule has 0 atom stereocenters. The summed E-state index contributed by atoms with van der Waals surface area (Å²) in [6.45, 7) is 0.413. The number of carbonyl (C=O) groups is 2. The number of carboxylic acids is 1. The molecule has 0 unspecified atom stereocenters. The van der Waals surface area contributed by atoms with Crippen molar-refractivity contribution in [2.45, 2.75) is 31.9 Å². The summed E-state index contributed by atoms with van der Waals surface area (Å²) in [5.41, 5.74) is -0.253. The average molecular weight is 470 g/mol. The van der Waals surface area contributed by atoms with Crippen molar-refractivity contribution < 1.29 is 32.3 Å². The molecular weight excluding hydrogens is 451 g/mol. The molecule has 1 fully saturated rings. The van der Waals surface area contributed by atoms with Crippen LogP contribution in [0, 0.1) is 0 Å². The summed E-state index contributed by atoms with van der Waals surface area (Å²) >= 11 is 6.41. The Labute approximate surface area is 185 Å². The summed E-state index contributed by atoms with van der Waals surface area (Å²) < 4.78 is 44.2. The molecule has 1 aromatic heterocycles. The van der Waals surface area contributed by atoms with Crippen molar-refractivity contribution in [1.29, 1.82) is 0 Å². The first-order valence-corrected chi connectivity index (χ1v) is 10.6. The summed E-state index contributed by atoms with van der Waals surface area (Å²) in [6.07, 6.45) is -0.894. The monoisotopic (exact) mass is 469 g/mol. The zero-order valence-corrected chi connectivity index (χ0v) is 17.8. The van der Waals surface area contributed by atoms with Gasteiger partial charge in [0.05, 0.1) is 10.5 Å². The number of benzene rings is 1. The Balaban J connectivity index is 1.63. The van der Waals surface area contributed by atoms with E-state index in [4.69, 9.17) is 21.7 Å². The van der Waals surface area contributed by atoms with Gasteiger partial charge in [-0.25, -0.2) is 0 Å². The lowest BCUT2D eigenvalue weighted by atomic mass is 10.1. The highest BCUT2D eigenvalue weighted by molar-refractivity contribution is 8.26. The highest BCUT2D eigenvalue weighted by atomic mass is 32.2. The Hall–Kier alpha value is -2.59. The van der Waals surface area contributed by atoms with Gasteiger partial charge in [0.2, 0.25) is 0 Å². The van der Waals surface area contributed by atoms with Gasteiger partial charge in [-0.1, -0.05) is 42.5 Å². The second kappa shape index (κ2) is 9.69. The number of carbonyl (C=O) groups excluding carboxylic acids is 1. The highest BCUT2D eigenvalue weighted by Crippen LogP contribution is 2.35. The standard InChI is InChI=1S/C21H18F3NO4S2/c22-21(23,24)14-7-5-13(6-8-14)16-10-9-15(29-16)12-17-19(28)25(20(30)31-17)11-3-1-2-4-18(26)27/h5-10,12H,1-4,11H2,(H,26,27)/b17-12+. The van der Waals surface area contributed by atoms with Gasteiger partial charge in [-0.05, 0) is 37.1 Å². The van der Waals surface area contributed by atoms with Gasteiger partial charge in [0.15, 0.2) is 0 Å².